The van der Waals surface area contributed by atoms with E-state index in [4.69, 9.17) is 9.84 Å². The van der Waals surface area contributed by atoms with Gasteiger partial charge in [-0.05, 0) is 36.6 Å². The summed E-state index contributed by atoms with van der Waals surface area (Å²) >= 11 is 0. The number of aromatic carboxylic acids is 1. The Balaban J connectivity index is 1.56. The normalized spacial score (nSPS) is 25.4. The van der Waals surface area contributed by atoms with E-state index in [9.17, 15) is 37.0 Å². The number of aliphatic hydroxyl groups is 2. The lowest BCUT2D eigenvalue weighted by molar-refractivity contribution is -0.0977. The Morgan fingerprint density at radius 3 is 2.47 bits per heavy atom. The van der Waals surface area contributed by atoms with Crippen molar-refractivity contribution in [1.82, 2.24) is 0 Å². The van der Waals surface area contributed by atoms with Gasteiger partial charge in [-0.1, -0.05) is 24.3 Å². The summed E-state index contributed by atoms with van der Waals surface area (Å²) in [6.45, 7) is 0. The van der Waals surface area contributed by atoms with Crippen LogP contribution in [0.25, 0.3) is 0 Å². The number of aryl methyl sites for hydroxylation is 1. The highest BCUT2D eigenvalue weighted by atomic mass is 19.3. The summed E-state index contributed by atoms with van der Waals surface area (Å²) in [5, 5.41) is 29.7. The molecule has 1 aliphatic heterocycles. The van der Waals surface area contributed by atoms with Gasteiger partial charge in [-0.25, -0.2) is 18.0 Å². The van der Waals surface area contributed by atoms with Crippen molar-refractivity contribution in [2.24, 2.45) is 11.8 Å². The maximum absolute atomic E-state index is 14.7. The highest BCUT2D eigenvalue weighted by Crippen LogP contribution is 2.44. The molecular weight excluding hydrogens is 463 g/mol. The van der Waals surface area contributed by atoms with Crippen molar-refractivity contribution in [3.8, 4) is 5.75 Å². The monoisotopic (exact) mass is 484 g/mol. The second-order valence-electron chi connectivity index (χ2n) is 8.51. The van der Waals surface area contributed by atoms with Crippen LogP contribution in [0, 0.1) is 29.3 Å². The van der Waals surface area contributed by atoms with Crippen molar-refractivity contribution in [3.05, 3.63) is 76.6 Å². The van der Waals surface area contributed by atoms with Gasteiger partial charge in [-0.3, -0.25) is 0 Å². The van der Waals surface area contributed by atoms with Crippen LogP contribution in [-0.2, 0) is 12.3 Å². The quantitative estimate of drug-likeness (QED) is 0.438. The molecule has 1 heterocycles. The number of aliphatic hydroxyl groups excluding tert-OH is 2. The molecule has 0 bridgehead atoms. The predicted octanol–water partition coefficient (Wildman–Crippen LogP) is 4.20. The number of carbonyl (C=O) groups is 1. The molecule has 0 radical (unpaired) electrons. The molecule has 1 aliphatic carbocycles. The van der Waals surface area contributed by atoms with Crippen molar-refractivity contribution in [2.45, 2.75) is 43.5 Å². The first-order valence-electron chi connectivity index (χ1n) is 10.6. The molecule has 1 fully saturated rings. The van der Waals surface area contributed by atoms with Crippen molar-refractivity contribution in [3.63, 3.8) is 0 Å². The fourth-order valence-electron chi connectivity index (χ4n) is 4.77. The highest BCUT2D eigenvalue weighted by Gasteiger charge is 2.47. The van der Waals surface area contributed by atoms with E-state index in [1.807, 2.05) is 0 Å². The number of fused-ring (bicyclic) bond motifs is 2. The third-order valence-corrected chi connectivity index (χ3v) is 6.50. The topological polar surface area (TPSA) is 87.0 Å². The molecule has 1 unspecified atom stereocenters. The second kappa shape index (κ2) is 8.99. The van der Waals surface area contributed by atoms with Gasteiger partial charge >= 0.3 is 11.9 Å². The van der Waals surface area contributed by atoms with Crippen molar-refractivity contribution >= 4 is 5.97 Å². The number of alkyl halides is 2. The molecule has 0 aromatic heterocycles. The van der Waals surface area contributed by atoms with E-state index < -0.39 is 70.6 Å². The Bertz CT molecular complexity index is 1110. The van der Waals surface area contributed by atoms with Gasteiger partial charge in [-0.2, -0.15) is 8.78 Å². The van der Waals surface area contributed by atoms with Crippen LogP contribution >= 0.6 is 0 Å². The SMILES string of the molecule is O=C(O)c1ccc2c(c1F)O[C@H]1C[C@@H](O)[C@H](/C=C/C(O)C(F)(F)c3c(F)cccc3F)[C@H]1CC2. The molecule has 3 N–H and O–H groups in total. The van der Waals surface area contributed by atoms with E-state index in [-0.39, 0.29) is 18.6 Å². The van der Waals surface area contributed by atoms with Gasteiger partial charge < -0.3 is 20.1 Å². The van der Waals surface area contributed by atoms with Gasteiger partial charge in [0.15, 0.2) is 11.6 Å². The summed E-state index contributed by atoms with van der Waals surface area (Å²) in [6, 6.07) is 4.81. The van der Waals surface area contributed by atoms with Gasteiger partial charge in [0.05, 0.1) is 17.2 Å². The third-order valence-electron chi connectivity index (χ3n) is 6.50. The molecule has 10 heteroatoms. The van der Waals surface area contributed by atoms with Crippen LogP contribution in [0.3, 0.4) is 0 Å². The van der Waals surface area contributed by atoms with Crippen LogP contribution in [0.5, 0.6) is 5.75 Å². The first-order chi connectivity index (χ1) is 16.0. The van der Waals surface area contributed by atoms with Crippen LogP contribution in [-0.4, -0.2) is 39.6 Å². The zero-order valence-electron chi connectivity index (χ0n) is 17.6. The van der Waals surface area contributed by atoms with E-state index in [0.717, 1.165) is 18.2 Å². The smallest absolute Gasteiger partial charge is 0.338 e. The second-order valence-corrected chi connectivity index (χ2v) is 8.51. The lowest BCUT2D eigenvalue weighted by Gasteiger charge is -2.24. The van der Waals surface area contributed by atoms with Gasteiger partial charge in [0.2, 0.25) is 0 Å². The largest absolute Gasteiger partial charge is 0.487 e. The first kappa shape index (κ1) is 24.2. The van der Waals surface area contributed by atoms with E-state index in [1.165, 1.54) is 6.07 Å². The number of hydrogen-bond donors (Lipinski definition) is 3. The molecule has 0 amide bonds. The average molecular weight is 484 g/mol. The van der Waals surface area contributed by atoms with Crippen LogP contribution in [0.1, 0.15) is 34.3 Å². The van der Waals surface area contributed by atoms with Crippen molar-refractivity contribution in [1.29, 1.82) is 0 Å². The Kier molecular flexibility index (Phi) is 6.39. The molecule has 5 nitrogen and oxygen atoms in total. The summed E-state index contributed by atoms with van der Waals surface area (Å²) in [5.41, 5.74) is -1.68. The summed E-state index contributed by atoms with van der Waals surface area (Å²) in [7, 11) is 0. The van der Waals surface area contributed by atoms with Gasteiger partial charge in [0.25, 0.3) is 0 Å². The fourth-order valence-corrected chi connectivity index (χ4v) is 4.77. The van der Waals surface area contributed by atoms with E-state index in [0.29, 0.717) is 30.2 Å². The minimum Gasteiger partial charge on any atom is -0.487 e. The Hall–Kier alpha value is -2.98. The van der Waals surface area contributed by atoms with Crippen LogP contribution in [0.2, 0.25) is 0 Å². The number of rotatable bonds is 5. The summed E-state index contributed by atoms with van der Waals surface area (Å²) in [4.78, 5) is 11.2. The molecule has 2 aromatic carbocycles. The lowest BCUT2D eigenvalue weighted by atomic mass is 9.87. The van der Waals surface area contributed by atoms with Crippen LogP contribution in [0.4, 0.5) is 22.0 Å². The minimum absolute atomic E-state index is 0.0181. The third kappa shape index (κ3) is 4.16. The summed E-state index contributed by atoms with van der Waals surface area (Å²) in [5.74, 6) is -11.2. The van der Waals surface area contributed by atoms with Gasteiger partial charge in [0, 0.05) is 18.3 Å². The number of ether oxygens (including phenoxy) is 1. The van der Waals surface area contributed by atoms with Crippen LogP contribution in [0.15, 0.2) is 42.5 Å². The van der Waals surface area contributed by atoms with Crippen molar-refractivity contribution < 1.29 is 46.8 Å². The standard InChI is InChI=1S/C24H21F5O5/c25-15-2-1-3-16(26)20(15)24(28,29)19(31)9-8-12-13-6-4-11-5-7-14(23(32)33)21(27)22(11)34-18(13)10-17(12)30/h1-3,5,7-9,12-13,17-19,30-31H,4,6,10H2,(H,32,33)/b9-8+/t12-,13-,17-,18+,19?/m1/s1. The van der Waals surface area contributed by atoms with E-state index in [1.54, 1.807) is 0 Å². The van der Waals surface area contributed by atoms with E-state index >= 15 is 0 Å². The molecule has 182 valence electrons. The first-order valence-corrected chi connectivity index (χ1v) is 10.6. The Labute approximate surface area is 191 Å². The molecular formula is C24H21F5O5. The molecule has 0 spiro atoms. The number of carboxylic acids is 1. The van der Waals surface area contributed by atoms with E-state index in [2.05, 4.69) is 0 Å². The van der Waals surface area contributed by atoms with Crippen LogP contribution < -0.4 is 4.74 Å². The molecule has 34 heavy (non-hydrogen) atoms. The fraction of sp³-hybridized carbons (Fsp3) is 0.375. The molecule has 2 aliphatic rings. The molecule has 1 saturated carbocycles. The summed E-state index contributed by atoms with van der Waals surface area (Å²) < 4.78 is 77.3. The average Bonchev–Trinajstić information content (AvgIpc) is 2.93. The minimum atomic E-state index is -4.28. The zero-order valence-corrected chi connectivity index (χ0v) is 17.6. The Morgan fingerprint density at radius 2 is 1.82 bits per heavy atom. The van der Waals surface area contributed by atoms with Gasteiger partial charge in [0.1, 0.15) is 23.8 Å². The zero-order chi connectivity index (χ0) is 24.8. The number of halogens is 5. The maximum atomic E-state index is 14.7. The lowest BCUT2D eigenvalue weighted by Crippen LogP contribution is -2.32. The summed E-state index contributed by atoms with van der Waals surface area (Å²) in [6.07, 6.45) is -1.88. The van der Waals surface area contributed by atoms with Crippen molar-refractivity contribution in [2.75, 3.05) is 0 Å². The molecule has 4 rings (SSSR count). The Morgan fingerprint density at radius 1 is 1.15 bits per heavy atom. The number of carboxylic acid groups (broad SMARTS) is 1. The molecule has 2 aromatic rings. The predicted molar refractivity (Wildman–Crippen MR) is 109 cm³/mol. The maximum Gasteiger partial charge on any atom is 0.338 e. The molecule has 0 saturated heterocycles. The number of hydrogen-bond acceptors (Lipinski definition) is 4. The van der Waals surface area contributed by atoms with Gasteiger partial charge in [-0.15, -0.1) is 0 Å². The number of benzene rings is 2. The highest BCUT2D eigenvalue weighted by molar-refractivity contribution is 5.88. The molecule has 5 atom stereocenters.